The Hall–Kier alpha value is -2.56. The number of carbonyl (C=O) groups excluding carboxylic acids is 2. The number of hydrogen-bond acceptors (Lipinski definition) is 3. The molecule has 5 nitrogen and oxygen atoms in total. The summed E-state index contributed by atoms with van der Waals surface area (Å²) in [5.74, 6) is 0.331. The maximum absolute atomic E-state index is 12.3. The molecular formula is C18H20N2O3. The summed E-state index contributed by atoms with van der Waals surface area (Å²) < 4.78 is 5.19. The van der Waals surface area contributed by atoms with E-state index >= 15 is 0 Å². The lowest BCUT2D eigenvalue weighted by molar-refractivity contribution is -0.130. The van der Waals surface area contributed by atoms with Crippen LogP contribution in [0.25, 0.3) is 0 Å². The van der Waals surface area contributed by atoms with E-state index in [9.17, 15) is 9.59 Å². The maximum atomic E-state index is 12.3. The van der Waals surface area contributed by atoms with Gasteiger partial charge in [-0.15, -0.1) is 0 Å². The quantitative estimate of drug-likeness (QED) is 0.922. The molecule has 2 amide bonds. The minimum Gasteiger partial charge on any atom is -0.467 e. The van der Waals surface area contributed by atoms with Gasteiger partial charge in [0.05, 0.1) is 24.8 Å². The van der Waals surface area contributed by atoms with Crippen molar-refractivity contribution in [3.63, 3.8) is 0 Å². The fraction of sp³-hybridized carbons (Fsp3) is 0.333. The highest BCUT2D eigenvalue weighted by Gasteiger charge is 2.36. The predicted molar refractivity (Wildman–Crippen MR) is 85.2 cm³/mol. The van der Waals surface area contributed by atoms with E-state index in [1.807, 2.05) is 43.3 Å². The van der Waals surface area contributed by atoms with E-state index in [1.165, 1.54) is 0 Å². The van der Waals surface area contributed by atoms with E-state index in [0.717, 1.165) is 5.56 Å². The minimum absolute atomic E-state index is 0.0217. The second-order valence-electron chi connectivity index (χ2n) is 5.83. The van der Waals surface area contributed by atoms with Crippen LogP contribution in [0.2, 0.25) is 0 Å². The molecule has 1 saturated heterocycles. The smallest absolute Gasteiger partial charge is 0.225 e. The second-order valence-corrected chi connectivity index (χ2v) is 5.83. The first-order chi connectivity index (χ1) is 11.1. The Bertz CT molecular complexity index is 667. The Morgan fingerprint density at radius 2 is 2.09 bits per heavy atom. The number of likely N-dealkylation sites (tertiary alicyclic amines) is 1. The van der Waals surface area contributed by atoms with Gasteiger partial charge in [-0.1, -0.05) is 30.3 Å². The third-order valence-electron chi connectivity index (χ3n) is 4.30. The van der Waals surface area contributed by atoms with Gasteiger partial charge in [0, 0.05) is 13.0 Å². The van der Waals surface area contributed by atoms with Crippen molar-refractivity contribution >= 4 is 11.8 Å². The van der Waals surface area contributed by atoms with Gasteiger partial charge in [0.2, 0.25) is 11.8 Å². The number of amides is 2. The first-order valence-corrected chi connectivity index (χ1v) is 7.79. The van der Waals surface area contributed by atoms with Crippen LogP contribution in [0.3, 0.4) is 0 Å². The third kappa shape index (κ3) is 3.44. The van der Waals surface area contributed by atoms with Crippen molar-refractivity contribution in [3.8, 4) is 0 Å². The summed E-state index contributed by atoms with van der Waals surface area (Å²) in [7, 11) is 0. The topological polar surface area (TPSA) is 62.6 Å². The van der Waals surface area contributed by atoms with Crippen molar-refractivity contribution < 1.29 is 14.0 Å². The monoisotopic (exact) mass is 312 g/mol. The average Bonchev–Trinajstić information content (AvgIpc) is 3.22. The van der Waals surface area contributed by atoms with Gasteiger partial charge in [-0.05, 0) is 24.6 Å². The highest BCUT2D eigenvalue weighted by Crippen LogP contribution is 2.28. The number of benzene rings is 1. The Balaban J connectivity index is 1.59. The molecule has 23 heavy (non-hydrogen) atoms. The van der Waals surface area contributed by atoms with Gasteiger partial charge in [-0.3, -0.25) is 9.59 Å². The van der Waals surface area contributed by atoms with Crippen LogP contribution in [0.15, 0.2) is 53.1 Å². The lowest BCUT2D eigenvalue weighted by Crippen LogP contribution is -2.33. The lowest BCUT2D eigenvalue weighted by atomic mass is 10.1. The molecule has 0 spiro atoms. The molecule has 1 aliphatic rings. The van der Waals surface area contributed by atoms with Crippen molar-refractivity contribution in [1.29, 1.82) is 0 Å². The van der Waals surface area contributed by atoms with Crippen LogP contribution in [0.5, 0.6) is 0 Å². The van der Waals surface area contributed by atoms with E-state index in [2.05, 4.69) is 5.32 Å². The average molecular weight is 312 g/mol. The maximum Gasteiger partial charge on any atom is 0.225 e. The molecule has 3 rings (SSSR count). The van der Waals surface area contributed by atoms with Crippen LogP contribution in [0.1, 0.15) is 30.7 Å². The van der Waals surface area contributed by atoms with Crippen molar-refractivity contribution in [2.24, 2.45) is 5.92 Å². The normalized spacial score (nSPS) is 18.9. The highest BCUT2D eigenvalue weighted by molar-refractivity contribution is 5.89. The molecule has 1 N–H and O–H groups in total. The standard InChI is InChI=1S/C18H20N2O3/c1-13(14-6-3-2-4-7-14)20-12-15(10-17(20)21)18(22)19-11-16-8-5-9-23-16/h2-9,13,15H,10-12H2,1H3,(H,19,22)/t13-,15+/m1/s1. The summed E-state index contributed by atoms with van der Waals surface area (Å²) in [6, 6.07) is 13.4. The molecule has 0 unspecified atom stereocenters. The molecule has 0 bridgehead atoms. The van der Waals surface area contributed by atoms with Crippen LogP contribution in [0, 0.1) is 5.92 Å². The number of nitrogens with one attached hydrogen (secondary N) is 1. The first kappa shape index (κ1) is 15.3. The van der Waals surface area contributed by atoms with E-state index in [-0.39, 0.29) is 30.2 Å². The van der Waals surface area contributed by atoms with Gasteiger partial charge in [0.15, 0.2) is 0 Å². The fourth-order valence-corrected chi connectivity index (χ4v) is 2.92. The van der Waals surface area contributed by atoms with E-state index < -0.39 is 0 Å². The van der Waals surface area contributed by atoms with Crippen LogP contribution in [-0.2, 0) is 16.1 Å². The van der Waals surface area contributed by atoms with Gasteiger partial charge < -0.3 is 14.6 Å². The molecular weight excluding hydrogens is 292 g/mol. The van der Waals surface area contributed by atoms with Crippen molar-refractivity contribution in [2.45, 2.75) is 25.9 Å². The number of rotatable bonds is 5. The minimum atomic E-state index is -0.302. The zero-order valence-corrected chi connectivity index (χ0v) is 13.1. The Morgan fingerprint density at radius 3 is 2.78 bits per heavy atom. The highest BCUT2D eigenvalue weighted by atomic mass is 16.3. The van der Waals surface area contributed by atoms with Crippen LogP contribution < -0.4 is 5.32 Å². The molecule has 2 atom stereocenters. The summed E-state index contributed by atoms with van der Waals surface area (Å²) in [5, 5.41) is 2.84. The summed E-state index contributed by atoms with van der Waals surface area (Å²) in [6.07, 6.45) is 1.84. The molecule has 0 radical (unpaired) electrons. The molecule has 0 saturated carbocycles. The molecule has 2 aromatic rings. The van der Waals surface area contributed by atoms with E-state index in [4.69, 9.17) is 4.42 Å². The van der Waals surface area contributed by atoms with Crippen molar-refractivity contribution in [3.05, 3.63) is 60.1 Å². The molecule has 2 heterocycles. The third-order valence-corrected chi connectivity index (χ3v) is 4.30. The molecule has 1 aromatic carbocycles. The molecule has 1 aliphatic heterocycles. The Kier molecular flexibility index (Phi) is 4.46. The van der Waals surface area contributed by atoms with Gasteiger partial charge in [-0.2, -0.15) is 0 Å². The van der Waals surface area contributed by atoms with E-state index in [0.29, 0.717) is 18.8 Å². The largest absolute Gasteiger partial charge is 0.467 e. The number of nitrogens with zero attached hydrogens (tertiary/aromatic N) is 1. The summed E-state index contributed by atoms with van der Waals surface area (Å²) in [6.45, 7) is 2.81. The Labute approximate surface area is 135 Å². The van der Waals surface area contributed by atoms with Crippen molar-refractivity contribution in [1.82, 2.24) is 10.2 Å². The first-order valence-electron chi connectivity index (χ1n) is 7.79. The van der Waals surface area contributed by atoms with Crippen molar-refractivity contribution in [2.75, 3.05) is 6.54 Å². The number of furan rings is 1. The summed E-state index contributed by atoms with van der Waals surface area (Å²) in [5.41, 5.74) is 1.08. The second kappa shape index (κ2) is 6.69. The number of carbonyl (C=O) groups is 2. The van der Waals surface area contributed by atoms with Crippen LogP contribution in [-0.4, -0.2) is 23.3 Å². The van der Waals surface area contributed by atoms with Crippen LogP contribution in [0.4, 0.5) is 0 Å². The van der Waals surface area contributed by atoms with Gasteiger partial charge in [0.25, 0.3) is 0 Å². The van der Waals surface area contributed by atoms with Gasteiger partial charge in [-0.25, -0.2) is 0 Å². The van der Waals surface area contributed by atoms with Gasteiger partial charge in [0.1, 0.15) is 5.76 Å². The fourth-order valence-electron chi connectivity index (χ4n) is 2.92. The lowest BCUT2D eigenvalue weighted by Gasteiger charge is -2.25. The molecule has 1 fully saturated rings. The number of hydrogen-bond donors (Lipinski definition) is 1. The zero-order valence-electron chi connectivity index (χ0n) is 13.1. The summed E-state index contributed by atoms with van der Waals surface area (Å²) >= 11 is 0. The predicted octanol–water partition coefficient (Wildman–Crippen LogP) is 2.51. The molecule has 120 valence electrons. The van der Waals surface area contributed by atoms with E-state index in [1.54, 1.807) is 17.2 Å². The van der Waals surface area contributed by atoms with Gasteiger partial charge >= 0.3 is 0 Å². The Morgan fingerprint density at radius 1 is 1.30 bits per heavy atom. The molecule has 5 heteroatoms. The molecule has 0 aliphatic carbocycles. The van der Waals surface area contributed by atoms with Crippen LogP contribution >= 0.6 is 0 Å². The SMILES string of the molecule is C[C@H](c1ccccc1)N1C[C@@H](C(=O)NCc2ccco2)CC1=O. The zero-order chi connectivity index (χ0) is 16.2. The summed E-state index contributed by atoms with van der Waals surface area (Å²) in [4.78, 5) is 26.3. The molecule has 1 aromatic heterocycles.